The first kappa shape index (κ1) is 19.3. The van der Waals surface area contributed by atoms with Crippen molar-refractivity contribution in [2.24, 2.45) is 0 Å². The van der Waals surface area contributed by atoms with Crippen molar-refractivity contribution < 1.29 is 18.7 Å². The van der Waals surface area contributed by atoms with Crippen LogP contribution in [-0.2, 0) is 16.1 Å². The van der Waals surface area contributed by atoms with Crippen molar-refractivity contribution in [3.8, 4) is 0 Å². The highest BCUT2D eigenvalue weighted by Crippen LogP contribution is 2.15. The third-order valence-electron chi connectivity index (χ3n) is 4.13. The Morgan fingerprint density at radius 3 is 2.68 bits per heavy atom. The number of nitrogens with zero attached hydrogens (tertiary/aromatic N) is 2. The molecule has 1 aromatic carbocycles. The molecule has 0 spiro atoms. The summed E-state index contributed by atoms with van der Waals surface area (Å²) in [5, 5.41) is 0.647. The van der Waals surface area contributed by atoms with E-state index in [4.69, 9.17) is 9.15 Å². The summed E-state index contributed by atoms with van der Waals surface area (Å²) in [6, 6.07) is 13.8. The van der Waals surface area contributed by atoms with E-state index in [1.165, 1.54) is 11.0 Å². The number of esters is 1. The van der Waals surface area contributed by atoms with E-state index in [1.54, 1.807) is 55.6 Å². The van der Waals surface area contributed by atoms with Gasteiger partial charge in [-0.1, -0.05) is 24.3 Å². The molecule has 3 rings (SSSR count). The van der Waals surface area contributed by atoms with Gasteiger partial charge in [0.15, 0.2) is 0 Å². The molecule has 3 aromatic rings. The number of fused-ring (bicyclic) bond motifs is 1. The molecule has 144 valence electrons. The first-order valence-electron chi connectivity index (χ1n) is 8.96. The molecule has 0 aliphatic rings. The van der Waals surface area contributed by atoms with Gasteiger partial charge in [0, 0.05) is 18.1 Å². The predicted octanol–water partition coefficient (Wildman–Crippen LogP) is 2.78. The standard InChI is InChI=1S/C21H20N2O5/c1-2-27-19(24)10-12-23(14-16-8-5-6-11-22-16)20(25)17-13-15-7-3-4-9-18(15)28-21(17)26/h3-9,11,13H,2,10,12,14H2,1H3. The average molecular weight is 380 g/mol. The first-order valence-corrected chi connectivity index (χ1v) is 8.96. The molecule has 0 aliphatic carbocycles. The largest absolute Gasteiger partial charge is 0.466 e. The number of ether oxygens (including phenoxy) is 1. The van der Waals surface area contributed by atoms with Crippen molar-refractivity contribution in [3.05, 3.63) is 76.4 Å². The molecule has 7 nitrogen and oxygen atoms in total. The summed E-state index contributed by atoms with van der Waals surface area (Å²) in [4.78, 5) is 42.8. The Kier molecular flexibility index (Phi) is 6.16. The molecule has 28 heavy (non-hydrogen) atoms. The zero-order valence-electron chi connectivity index (χ0n) is 15.5. The van der Waals surface area contributed by atoms with Crippen LogP contribution in [0.5, 0.6) is 0 Å². The topological polar surface area (TPSA) is 89.7 Å². The van der Waals surface area contributed by atoms with Crippen LogP contribution in [0.1, 0.15) is 29.4 Å². The molecule has 2 heterocycles. The fraction of sp³-hybridized carbons (Fsp3) is 0.238. The Hall–Kier alpha value is -3.48. The van der Waals surface area contributed by atoms with Crippen molar-refractivity contribution in [1.82, 2.24) is 9.88 Å². The lowest BCUT2D eigenvalue weighted by atomic mass is 10.1. The fourth-order valence-corrected chi connectivity index (χ4v) is 2.78. The third kappa shape index (κ3) is 4.62. The number of rotatable bonds is 7. The molecule has 0 atom stereocenters. The summed E-state index contributed by atoms with van der Waals surface area (Å²) < 4.78 is 10.2. The van der Waals surface area contributed by atoms with Crippen LogP contribution in [0.4, 0.5) is 0 Å². The highest BCUT2D eigenvalue weighted by molar-refractivity contribution is 5.96. The molecule has 2 aromatic heterocycles. The fourth-order valence-electron chi connectivity index (χ4n) is 2.78. The molecule has 0 radical (unpaired) electrons. The second-order valence-corrected chi connectivity index (χ2v) is 6.09. The van der Waals surface area contributed by atoms with E-state index < -0.39 is 17.5 Å². The van der Waals surface area contributed by atoms with Gasteiger partial charge in [-0.25, -0.2) is 4.79 Å². The average Bonchev–Trinajstić information content (AvgIpc) is 2.71. The number of hydrogen-bond donors (Lipinski definition) is 0. The Morgan fingerprint density at radius 2 is 1.93 bits per heavy atom. The minimum absolute atomic E-state index is 0.0192. The van der Waals surface area contributed by atoms with Gasteiger partial charge in [0.25, 0.3) is 5.91 Å². The van der Waals surface area contributed by atoms with Gasteiger partial charge in [-0.2, -0.15) is 0 Å². The van der Waals surface area contributed by atoms with Crippen LogP contribution in [0, 0.1) is 0 Å². The maximum absolute atomic E-state index is 13.1. The Morgan fingerprint density at radius 1 is 1.14 bits per heavy atom. The molecule has 0 saturated carbocycles. The Labute approximate surface area is 161 Å². The van der Waals surface area contributed by atoms with Crippen LogP contribution in [0.3, 0.4) is 0 Å². The van der Waals surface area contributed by atoms with Gasteiger partial charge in [0.1, 0.15) is 11.1 Å². The maximum Gasteiger partial charge on any atom is 0.349 e. The molecule has 0 unspecified atom stereocenters. The number of benzene rings is 1. The quantitative estimate of drug-likeness (QED) is 0.462. The summed E-state index contributed by atoms with van der Waals surface area (Å²) in [5.41, 5.74) is 0.251. The van der Waals surface area contributed by atoms with Crippen LogP contribution >= 0.6 is 0 Å². The van der Waals surface area contributed by atoms with Crippen LogP contribution in [0.25, 0.3) is 11.0 Å². The lowest BCUT2D eigenvalue weighted by Crippen LogP contribution is -2.35. The highest BCUT2D eigenvalue weighted by atomic mass is 16.5. The normalized spacial score (nSPS) is 10.6. The van der Waals surface area contributed by atoms with Gasteiger partial charge < -0.3 is 14.1 Å². The molecule has 0 bridgehead atoms. The van der Waals surface area contributed by atoms with Crippen LogP contribution in [-0.4, -0.2) is 34.9 Å². The molecule has 0 aliphatic heterocycles. The lowest BCUT2D eigenvalue weighted by molar-refractivity contribution is -0.143. The van der Waals surface area contributed by atoms with Crippen molar-refractivity contribution in [2.75, 3.05) is 13.2 Å². The number of hydrogen-bond acceptors (Lipinski definition) is 6. The second kappa shape index (κ2) is 8.94. The minimum atomic E-state index is -0.717. The molecular weight excluding hydrogens is 360 g/mol. The van der Waals surface area contributed by atoms with E-state index in [1.807, 2.05) is 0 Å². The van der Waals surface area contributed by atoms with Crippen molar-refractivity contribution in [1.29, 1.82) is 0 Å². The van der Waals surface area contributed by atoms with Crippen molar-refractivity contribution in [3.63, 3.8) is 0 Å². The van der Waals surface area contributed by atoms with Gasteiger partial charge >= 0.3 is 11.6 Å². The van der Waals surface area contributed by atoms with E-state index in [0.717, 1.165) is 0 Å². The van der Waals surface area contributed by atoms with E-state index in [0.29, 0.717) is 16.7 Å². The SMILES string of the molecule is CCOC(=O)CCN(Cc1ccccn1)C(=O)c1cc2ccccc2oc1=O. The van der Waals surface area contributed by atoms with E-state index in [9.17, 15) is 14.4 Å². The molecule has 0 N–H and O–H groups in total. The summed E-state index contributed by atoms with van der Waals surface area (Å²) in [5.74, 6) is -0.929. The summed E-state index contributed by atoms with van der Waals surface area (Å²) in [6.45, 7) is 2.24. The smallest absolute Gasteiger partial charge is 0.349 e. The number of aromatic nitrogens is 1. The molecule has 1 amide bonds. The number of carbonyl (C=O) groups is 2. The Balaban J connectivity index is 1.89. The second-order valence-electron chi connectivity index (χ2n) is 6.09. The molecule has 0 fully saturated rings. The summed E-state index contributed by atoms with van der Waals surface area (Å²) >= 11 is 0. The van der Waals surface area contributed by atoms with Gasteiger partial charge in [-0.3, -0.25) is 14.6 Å². The first-order chi connectivity index (χ1) is 13.6. The summed E-state index contributed by atoms with van der Waals surface area (Å²) in [7, 11) is 0. The maximum atomic E-state index is 13.1. The van der Waals surface area contributed by atoms with Crippen molar-refractivity contribution >= 4 is 22.8 Å². The predicted molar refractivity (Wildman–Crippen MR) is 103 cm³/mol. The number of amides is 1. The zero-order valence-corrected chi connectivity index (χ0v) is 15.5. The molecular formula is C21H20N2O5. The van der Waals surface area contributed by atoms with E-state index >= 15 is 0 Å². The Bertz CT molecular complexity index is 1030. The van der Waals surface area contributed by atoms with Crippen LogP contribution in [0.2, 0.25) is 0 Å². The van der Waals surface area contributed by atoms with Crippen LogP contribution in [0.15, 0.2) is 63.9 Å². The number of carbonyl (C=O) groups excluding carboxylic acids is 2. The minimum Gasteiger partial charge on any atom is -0.466 e. The third-order valence-corrected chi connectivity index (χ3v) is 4.13. The van der Waals surface area contributed by atoms with E-state index in [2.05, 4.69) is 4.98 Å². The zero-order chi connectivity index (χ0) is 19.9. The monoisotopic (exact) mass is 380 g/mol. The van der Waals surface area contributed by atoms with Crippen LogP contribution < -0.4 is 5.63 Å². The van der Waals surface area contributed by atoms with Crippen molar-refractivity contribution in [2.45, 2.75) is 19.9 Å². The van der Waals surface area contributed by atoms with Gasteiger partial charge in [0.2, 0.25) is 0 Å². The summed E-state index contributed by atoms with van der Waals surface area (Å²) in [6.07, 6.45) is 1.64. The van der Waals surface area contributed by atoms with Gasteiger partial charge in [-0.05, 0) is 31.2 Å². The van der Waals surface area contributed by atoms with Gasteiger partial charge in [0.05, 0.1) is 25.3 Å². The lowest BCUT2D eigenvalue weighted by Gasteiger charge is -2.21. The molecule has 7 heteroatoms. The number of pyridine rings is 1. The highest BCUT2D eigenvalue weighted by Gasteiger charge is 2.22. The van der Waals surface area contributed by atoms with Gasteiger partial charge in [-0.15, -0.1) is 0 Å². The van der Waals surface area contributed by atoms with E-state index in [-0.39, 0.29) is 31.7 Å². The molecule has 0 saturated heterocycles. The number of para-hydroxylation sites is 1.